The van der Waals surface area contributed by atoms with Crippen molar-refractivity contribution in [1.82, 2.24) is 20.2 Å². The lowest BCUT2D eigenvalue weighted by atomic mass is 9.83. The topological polar surface area (TPSA) is 161 Å². The first kappa shape index (κ1) is 35.2. The Kier molecular flexibility index (Phi) is 11.7. The van der Waals surface area contributed by atoms with E-state index in [4.69, 9.17) is 0 Å². The number of likely N-dealkylation sites (tertiary alicyclic amines) is 1. The molecule has 11 nitrogen and oxygen atoms in total. The SMILES string of the molecule is CCCC(CC(=O)[C@@H]1[C@H]2CCC(=O)[C@H]2CN1C(=O)[C@@H](NC(=O)[C@H](CC(=O)c1cnccn1)C(C)C)C(C)C)C(=O)C(=O)CC1CC1. The molecule has 1 unspecified atom stereocenters. The zero-order valence-electron chi connectivity index (χ0n) is 27.7. The summed E-state index contributed by atoms with van der Waals surface area (Å²) in [5, 5.41) is 2.87. The first-order valence-electron chi connectivity index (χ1n) is 16.9. The zero-order valence-corrected chi connectivity index (χ0v) is 27.7. The average molecular weight is 637 g/mol. The Morgan fingerprint density at radius 3 is 2.28 bits per heavy atom. The van der Waals surface area contributed by atoms with E-state index >= 15 is 0 Å². The number of fused-ring (bicyclic) bond motifs is 1. The third-order valence-electron chi connectivity index (χ3n) is 9.93. The minimum atomic E-state index is -1.00. The van der Waals surface area contributed by atoms with E-state index in [1.165, 1.54) is 23.5 Å². The van der Waals surface area contributed by atoms with Crippen LogP contribution >= 0.6 is 0 Å². The van der Waals surface area contributed by atoms with Crippen LogP contribution in [0.25, 0.3) is 0 Å². The number of nitrogens with one attached hydrogen (secondary N) is 1. The summed E-state index contributed by atoms with van der Waals surface area (Å²) >= 11 is 0. The van der Waals surface area contributed by atoms with Gasteiger partial charge in [-0.05, 0) is 49.4 Å². The number of hydrogen-bond acceptors (Lipinski definition) is 9. The summed E-state index contributed by atoms with van der Waals surface area (Å²) in [4.78, 5) is 103. The van der Waals surface area contributed by atoms with Crippen molar-refractivity contribution in [3.05, 3.63) is 24.3 Å². The number of amides is 2. The van der Waals surface area contributed by atoms with Gasteiger partial charge in [0.15, 0.2) is 17.3 Å². The van der Waals surface area contributed by atoms with Crippen molar-refractivity contribution in [1.29, 1.82) is 0 Å². The van der Waals surface area contributed by atoms with E-state index in [0.717, 1.165) is 12.8 Å². The van der Waals surface area contributed by atoms with Gasteiger partial charge in [0.25, 0.3) is 0 Å². The molecular weight excluding hydrogens is 588 g/mol. The monoisotopic (exact) mass is 636 g/mol. The molecule has 2 heterocycles. The molecule has 4 rings (SSSR count). The third kappa shape index (κ3) is 8.20. The summed E-state index contributed by atoms with van der Waals surface area (Å²) in [6, 6.07) is -1.91. The van der Waals surface area contributed by atoms with Gasteiger partial charge < -0.3 is 10.2 Å². The Bertz CT molecular complexity index is 1340. The van der Waals surface area contributed by atoms with E-state index in [-0.39, 0.29) is 72.5 Å². The standard InChI is InChI=1S/C35H48N4O7/c1-6-7-22(33(44)30(43)14-21-8-9-21)15-29(42)32-23-10-11-27(40)25(23)18-39(32)35(46)31(20(4)5)38-34(45)24(19(2)3)16-28(41)26-17-36-12-13-37-26/h12-13,17,19-25,31-32H,6-11,14-16,18H2,1-5H3,(H,38,45)/t22?,23-,24+,25-,31-,32-/m0/s1. The number of carbonyl (C=O) groups excluding carboxylic acids is 7. The summed E-state index contributed by atoms with van der Waals surface area (Å²) < 4.78 is 0. The second-order valence-corrected chi connectivity index (χ2v) is 14.1. The summed E-state index contributed by atoms with van der Waals surface area (Å²) in [7, 11) is 0. The molecule has 1 saturated heterocycles. The second-order valence-electron chi connectivity index (χ2n) is 14.1. The molecule has 2 saturated carbocycles. The fourth-order valence-corrected chi connectivity index (χ4v) is 7.03. The van der Waals surface area contributed by atoms with Gasteiger partial charge in [-0.25, -0.2) is 4.98 Å². The fourth-order valence-electron chi connectivity index (χ4n) is 7.03. The molecule has 2 aliphatic carbocycles. The van der Waals surface area contributed by atoms with Gasteiger partial charge in [-0.2, -0.15) is 0 Å². The van der Waals surface area contributed by atoms with Crippen LogP contribution in [-0.4, -0.2) is 74.2 Å². The lowest BCUT2D eigenvalue weighted by Crippen LogP contribution is -2.56. The van der Waals surface area contributed by atoms with E-state index in [1.807, 2.05) is 20.8 Å². The van der Waals surface area contributed by atoms with E-state index in [2.05, 4.69) is 15.3 Å². The van der Waals surface area contributed by atoms with Crippen molar-refractivity contribution in [2.24, 2.45) is 41.4 Å². The molecule has 0 aromatic carbocycles. The number of carbonyl (C=O) groups is 7. The highest BCUT2D eigenvalue weighted by atomic mass is 16.2. The molecule has 2 amide bonds. The number of aromatic nitrogens is 2. The molecule has 1 N–H and O–H groups in total. The second kappa shape index (κ2) is 15.3. The van der Waals surface area contributed by atoms with Gasteiger partial charge >= 0.3 is 0 Å². The molecule has 250 valence electrons. The molecule has 46 heavy (non-hydrogen) atoms. The molecular formula is C35H48N4O7. The number of rotatable bonds is 17. The molecule has 1 aliphatic heterocycles. The van der Waals surface area contributed by atoms with Crippen LogP contribution in [0.3, 0.4) is 0 Å². The van der Waals surface area contributed by atoms with Gasteiger partial charge in [-0.1, -0.05) is 41.0 Å². The summed E-state index contributed by atoms with van der Waals surface area (Å²) in [6.45, 7) is 9.20. The van der Waals surface area contributed by atoms with Crippen molar-refractivity contribution in [2.45, 2.75) is 104 Å². The summed E-state index contributed by atoms with van der Waals surface area (Å²) in [6.07, 6.45) is 7.85. The third-order valence-corrected chi connectivity index (χ3v) is 9.93. The largest absolute Gasteiger partial charge is 0.344 e. The highest BCUT2D eigenvalue weighted by Gasteiger charge is 2.54. The van der Waals surface area contributed by atoms with Crippen molar-refractivity contribution in [3.63, 3.8) is 0 Å². The highest BCUT2D eigenvalue weighted by molar-refractivity contribution is 6.38. The number of ketones is 5. The average Bonchev–Trinajstić information content (AvgIpc) is 3.65. The molecule has 6 atom stereocenters. The fraction of sp³-hybridized carbons (Fsp3) is 0.686. The van der Waals surface area contributed by atoms with E-state index in [1.54, 1.807) is 13.8 Å². The molecule has 0 radical (unpaired) electrons. The smallest absolute Gasteiger partial charge is 0.246 e. The lowest BCUT2D eigenvalue weighted by molar-refractivity contribution is -0.145. The molecule has 3 aliphatic rings. The first-order valence-corrected chi connectivity index (χ1v) is 16.9. The van der Waals surface area contributed by atoms with Gasteiger partial charge in [0.2, 0.25) is 17.6 Å². The summed E-state index contributed by atoms with van der Waals surface area (Å²) in [5.74, 6) is -5.17. The van der Waals surface area contributed by atoms with Crippen LogP contribution in [-0.2, 0) is 28.8 Å². The van der Waals surface area contributed by atoms with Gasteiger partial charge in [0.1, 0.15) is 17.5 Å². The van der Waals surface area contributed by atoms with Crippen molar-refractivity contribution in [3.8, 4) is 0 Å². The quantitative estimate of drug-likeness (QED) is 0.199. The maximum Gasteiger partial charge on any atom is 0.246 e. The highest BCUT2D eigenvalue weighted by Crippen LogP contribution is 2.42. The van der Waals surface area contributed by atoms with Gasteiger partial charge in [-0.3, -0.25) is 38.5 Å². The Balaban J connectivity index is 1.53. The number of Topliss-reactive ketones (excluding diaryl/α,β-unsaturated/α-hetero) is 5. The van der Waals surface area contributed by atoms with Crippen LogP contribution < -0.4 is 5.32 Å². The molecule has 0 spiro atoms. The Hall–Kier alpha value is -3.63. The van der Waals surface area contributed by atoms with E-state index in [9.17, 15) is 33.6 Å². The normalized spacial score (nSPS) is 22.8. The Labute approximate surface area is 271 Å². The van der Waals surface area contributed by atoms with Crippen LogP contribution in [0.15, 0.2) is 18.6 Å². The van der Waals surface area contributed by atoms with Crippen molar-refractivity contribution >= 4 is 40.7 Å². The van der Waals surface area contributed by atoms with Crippen LogP contribution in [0.4, 0.5) is 0 Å². The predicted molar refractivity (Wildman–Crippen MR) is 168 cm³/mol. The van der Waals surface area contributed by atoms with Crippen molar-refractivity contribution in [2.75, 3.05) is 6.54 Å². The minimum Gasteiger partial charge on any atom is -0.344 e. The van der Waals surface area contributed by atoms with Crippen LogP contribution in [0.2, 0.25) is 0 Å². The van der Waals surface area contributed by atoms with E-state index < -0.39 is 53.2 Å². The molecule has 0 bridgehead atoms. The number of nitrogens with zero attached hydrogens (tertiary/aromatic N) is 3. The molecule has 1 aromatic heterocycles. The minimum absolute atomic E-state index is 0.00595. The van der Waals surface area contributed by atoms with Gasteiger partial charge in [0, 0.05) is 62.4 Å². The maximum atomic E-state index is 14.2. The van der Waals surface area contributed by atoms with Crippen LogP contribution in [0.1, 0.15) is 103 Å². The molecule has 11 heteroatoms. The molecule has 1 aromatic rings. The summed E-state index contributed by atoms with van der Waals surface area (Å²) in [5.41, 5.74) is 0.154. The van der Waals surface area contributed by atoms with Crippen LogP contribution in [0, 0.1) is 41.4 Å². The van der Waals surface area contributed by atoms with Gasteiger partial charge in [-0.15, -0.1) is 0 Å². The zero-order chi connectivity index (χ0) is 33.7. The van der Waals surface area contributed by atoms with Crippen molar-refractivity contribution < 1.29 is 33.6 Å². The Morgan fingerprint density at radius 2 is 1.70 bits per heavy atom. The van der Waals surface area contributed by atoms with E-state index in [0.29, 0.717) is 25.7 Å². The predicted octanol–water partition coefficient (Wildman–Crippen LogP) is 3.58. The lowest BCUT2D eigenvalue weighted by Gasteiger charge is -2.33. The van der Waals surface area contributed by atoms with Crippen LogP contribution in [0.5, 0.6) is 0 Å². The molecule has 3 fully saturated rings. The first-order chi connectivity index (χ1) is 21.8. The Morgan fingerprint density at radius 1 is 0.978 bits per heavy atom. The maximum absolute atomic E-state index is 14.2. The van der Waals surface area contributed by atoms with Gasteiger partial charge in [0.05, 0.1) is 12.2 Å². The number of hydrogen-bond donors (Lipinski definition) is 1.